The number of nitrogens with one attached hydrogen (secondary N) is 1. The summed E-state index contributed by atoms with van der Waals surface area (Å²) in [7, 11) is -3.61. The van der Waals surface area contributed by atoms with Crippen LogP contribution in [0.25, 0.3) is 0 Å². The molecule has 0 unspecified atom stereocenters. The van der Waals surface area contributed by atoms with Gasteiger partial charge in [0.2, 0.25) is 11.0 Å². The fourth-order valence-electron chi connectivity index (χ4n) is 2.64. The molecule has 0 aliphatic carbocycles. The molecule has 0 aliphatic rings. The first kappa shape index (κ1) is 22.7. The lowest BCUT2D eigenvalue weighted by Gasteiger charge is -2.04. The first-order chi connectivity index (χ1) is 14.4. The van der Waals surface area contributed by atoms with Crippen LogP contribution < -0.4 is 5.32 Å². The lowest BCUT2D eigenvalue weighted by atomic mass is 10.1. The first-order valence-electron chi connectivity index (χ1n) is 9.14. The van der Waals surface area contributed by atoms with Crippen molar-refractivity contribution in [1.82, 2.24) is 10.2 Å². The number of benzene rings is 2. The number of halogens is 1. The van der Waals surface area contributed by atoms with Crippen LogP contribution >= 0.6 is 34.7 Å². The minimum Gasteiger partial charge on any atom is -0.300 e. The Balaban J connectivity index is 1.43. The highest BCUT2D eigenvalue weighted by Gasteiger charge is 2.19. The Labute approximate surface area is 189 Å². The highest BCUT2D eigenvalue weighted by Crippen LogP contribution is 2.26. The molecule has 1 heterocycles. The van der Waals surface area contributed by atoms with Crippen LogP contribution in [0, 0.1) is 0 Å². The zero-order valence-electron chi connectivity index (χ0n) is 16.0. The standard InChI is InChI=1S/C20H20ClN3O3S3/c21-17-10-8-16(9-11-17)13-30(26,27)14-18(25)22-19-23-24-20(29-19)28-12-4-7-15-5-2-1-3-6-15/h1-3,5-6,8-11H,4,7,12-14H2,(H,22,23,25). The number of hydrogen-bond acceptors (Lipinski definition) is 7. The minimum absolute atomic E-state index is 0.226. The van der Waals surface area contributed by atoms with Gasteiger partial charge in [-0.25, -0.2) is 8.42 Å². The van der Waals surface area contributed by atoms with Crippen LogP contribution in [0.15, 0.2) is 58.9 Å². The summed E-state index contributed by atoms with van der Waals surface area (Å²) in [6, 6.07) is 16.7. The van der Waals surface area contributed by atoms with Gasteiger partial charge in [-0.05, 0) is 36.1 Å². The average molecular weight is 482 g/mol. The van der Waals surface area contributed by atoms with Gasteiger partial charge in [0, 0.05) is 10.8 Å². The van der Waals surface area contributed by atoms with Crippen molar-refractivity contribution in [3.05, 3.63) is 70.7 Å². The Morgan fingerprint density at radius 3 is 2.50 bits per heavy atom. The van der Waals surface area contributed by atoms with E-state index < -0.39 is 21.5 Å². The van der Waals surface area contributed by atoms with E-state index in [1.54, 1.807) is 36.0 Å². The van der Waals surface area contributed by atoms with Crippen LogP contribution in [-0.2, 0) is 26.8 Å². The topological polar surface area (TPSA) is 89.0 Å². The van der Waals surface area contributed by atoms with E-state index in [2.05, 4.69) is 27.6 Å². The molecule has 3 aromatic rings. The molecule has 1 amide bonds. The van der Waals surface area contributed by atoms with E-state index in [1.807, 2.05) is 18.2 Å². The number of aryl methyl sites for hydroxylation is 1. The number of aromatic nitrogens is 2. The van der Waals surface area contributed by atoms with Gasteiger partial charge in [-0.3, -0.25) is 10.1 Å². The molecule has 0 atom stereocenters. The van der Waals surface area contributed by atoms with Crippen molar-refractivity contribution in [3.8, 4) is 0 Å². The van der Waals surface area contributed by atoms with Crippen LogP contribution in [0.3, 0.4) is 0 Å². The fraction of sp³-hybridized carbons (Fsp3) is 0.250. The van der Waals surface area contributed by atoms with Gasteiger partial charge in [0.15, 0.2) is 14.2 Å². The molecule has 1 aromatic heterocycles. The number of hydrogen-bond donors (Lipinski definition) is 1. The number of nitrogens with zero attached hydrogens (tertiary/aromatic N) is 2. The Hall–Kier alpha value is -1.94. The second-order valence-corrected chi connectivity index (χ2v) is 11.3. The summed E-state index contributed by atoms with van der Waals surface area (Å²) >= 11 is 8.61. The summed E-state index contributed by atoms with van der Waals surface area (Å²) in [5.74, 6) is -0.585. The largest absolute Gasteiger partial charge is 0.300 e. The molecule has 30 heavy (non-hydrogen) atoms. The predicted molar refractivity (Wildman–Crippen MR) is 123 cm³/mol. The van der Waals surface area contributed by atoms with Crippen LogP contribution in [0.2, 0.25) is 5.02 Å². The molecule has 10 heteroatoms. The maximum atomic E-state index is 12.3. The molecule has 2 aromatic carbocycles. The van der Waals surface area contributed by atoms with Gasteiger partial charge in [-0.1, -0.05) is 77.2 Å². The molecular formula is C20H20ClN3O3S3. The van der Waals surface area contributed by atoms with Crippen molar-refractivity contribution >= 4 is 55.6 Å². The van der Waals surface area contributed by atoms with E-state index >= 15 is 0 Å². The molecule has 158 valence electrons. The Bertz CT molecular complexity index is 1070. The second kappa shape index (κ2) is 10.9. The lowest BCUT2D eigenvalue weighted by molar-refractivity contribution is -0.113. The summed E-state index contributed by atoms with van der Waals surface area (Å²) in [4.78, 5) is 12.1. The number of amides is 1. The average Bonchev–Trinajstić information content (AvgIpc) is 3.14. The molecular weight excluding hydrogens is 462 g/mol. The Kier molecular flexibility index (Phi) is 8.26. The van der Waals surface area contributed by atoms with Crippen LogP contribution in [0.5, 0.6) is 0 Å². The Morgan fingerprint density at radius 2 is 1.77 bits per heavy atom. The maximum absolute atomic E-state index is 12.3. The number of sulfone groups is 1. The molecule has 1 N–H and O–H groups in total. The third-order valence-electron chi connectivity index (χ3n) is 3.98. The van der Waals surface area contributed by atoms with Gasteiger partial charge in [-0.15, -0.1) is 10.2 Å². The maximum Gasteiger partial charge on any atom is 0.241 e. The third kappa shape index (κ3) is 7.71. The van der Waals surface area contributed by atoms with E-state index in [4.69, 9.17) is 11.6 Å². The van der Waals surface area contributed by atoms with E-state index in [0.29, 0.717) is 15.7 Å². The van der Waals surface area contributed by atoms with E-state index in [9.17, 15) is 13.2 Å². The molecule has 0 spiro atoms. The summed E-state index contributed by atoms with van der Waals surface area (Å²) in [5.41, 5.74) is 1.88. The highest BCUT2D eigenvalue weighted by molar-refractivity contribution is 8.01. The van der Waals surface area contributed by atoms with Crippen molar-refractivity contribution in [1.29, 1.82) is 0 Å². The number of thioether (sulfide) groups is 1. The number of anilines is 1. The van der Waals surface area contributed by atoms with Gasteiger partial charge in [-0.2, -0.15) is 0 Å². The summed E-state index contributed by atoms with van der Waals surface area (Å²) < 4.78 is 25.2. The van der Waals surface area contributed by atoms with Crippen molar-refractivity contribution in [2.45, 2.75) is 22.9 Å². The summed E-state index contributed by atoms with van der Waals surface area (Å²) in [6.07, 6.45) is 1.99. The first-order valence-corrected chi connectivity index (χ1v) is 13.1. The normalized spacial score (nSPS) is 11.4. The van der Waals surface area contributed by atoms with Crippen LogP contribution in [-0.4, -0.2) is 36.0 Å². The van der Waals surface area contributed by atoms with Gasteiger partial charge >= 0.3 is 0 Å². The predicted octanol–water partition coefficient (Wildman–Crippen LogP) is 4.47. The minimum atomic E-state index is -3.61. The van der Waals surface area contributed by atoms with Crippen LogP contribution in [0.4, 0.5) is 5.13 Å². The summed E-state index contributed by atoms with van der Waals surface area (Å²) in [5, 5.41) is 11.3. The van der Waals surface area contributed by atoms with Crippen molar-refractivity contribution < 1.29 is 13.2 Å². The quantitative estimate of drug-likeness (QED) is 0.261. The Morgan fingerprint density at radius 1 is 1.03 bits per heavy atom. The van der Waals surface area contributed by atoms with Gasteiger partial charge in [0.05, 0.1) is 5.75 Å². The highest BCUT2D eigenvalue weighted by atomic mass is 35.5. The molecule has 6 nitrogen and oxygen atoms in total. The van der Waals surface area contributed by atoms with Crippen LogP contribution in [0.1, 0.15) is 17.5 Å². The molecule has 0 saturated heterocycles. The van der Waals surface area contributed by atoms with E-state index in [1.165, 1.54) is 16.9 Å². The van der Waals surface area contributed by atoms with E-state index in [0.717, 1.165) is 22.9 Å². The molecule has 3 rings (SSSR count). The smallest absolute Gasteiger partial charge is 0.241 e. The second-order valence-electron chi connectivity index (χ2n) is 6.52. The molecule has 0 radical (unpaired) electrons. The molecule has 0 fully saturated rings. The zero-order valence-corrected chi connectivity index (χ0v) is 19.2. The van der Waals surface area contributed by atoms with Gasteiger partial charge in [0.25, 0.3) is 0 Å². The van der Waals surface area contributed by atoms with Crippen molar-refractivity contribution in [2.24, 2.45) is 0 Å². The monoisotopic (exact) mass is 481 g/mol. The summed E-state index contributed by atoms with van der Waals surface area (Å²) in [6.45, 7) is 0. The van der Waals surface area contributed by atoms with Crippen molar-refractivity contribution in [3.63, 3.8) is 0 Å². The van der Waals surface area contributed by atoms with Gasteiger partial charge < -0.3 is 0 Å². The van der Waals surface area contributed by atoms with Crippen molar-refractivity contribution in [2.75, 3.05) is 16.8 Å². The number of rotatable bonds is 10. The number of carbonyl (C=O) groups is 1. The molecule has 0 aliphatic heterocycles. The fourth-order valence-corrected chi connectivity index (χ4v) is 5.82. The zero-order chi connectivity index (χ0) is 21.4. The number of carbonyl (C=O) groups excluding carboxylic acids is 1. The SMILES string of the molecule is O=C(CS(=O)(=O)Cc1ccc(Cl)cc1)Nc1nnc(SCCCc2ccccc2)s1. The van der Waals surface area contributed by atoms with E-state index in [-0.39, 0.29) is 5.75 Å². The molecule has 0 saturated carbocycles. The molecule has 0 bridgehead atoms. The third-order valence-corrected chi connectivity index (χ3v) is 7.77. The lowest BCUT2D eigenvalue weighted by Crippen LogP contribution is -2.23. The van der Waals surface area contributed by atoms with Gasteiger partial charge in [0.1, 0.15) is 5.75 Å².